The molecular weight excluding hydrogens is 420 g/mol. The average molecular weight is 459 g/mol. The van der Waals surface area contributed by atoms with Gasteiger partial charge in [0, 0.05) is 13.1 Å². The minimum atomic E-state index is -4.37. The summed E-state index contributed by atoms with van der Waals surface area (Å²) in [6.45, 7) is 4.69. The predicted molar refractivity (Wildman–Crippen MR) is 120 cm³/mol. The molecule has 2 fully saturated rings. The van der Waals surface area contributed by atoms with E-state index in [9.17, 15) is 0 Å². The zero-order chi connectivity index (χ0) is 22.9. The lowest BCUT2D eigenvalue weighted by atomic mass is 9.90. The molecule has 4 rings (SSSR count). The van der Waals surface area contributed by atoms with E-state index in [4.69, 9.17) is 0 Å². The maximum absolute atomic E-state index is 15.8. The molecule has 0 bridgehead atoms. The number of hydrogen-bond donors (Lipinski definition) is 0. The highest BCUT2D eigenvalue weighted by atomic mass is 19.3. The van der Waals surface area contributed by atoms with Gasteiger partial charge in [-0.2, -0.15) is 17.6 Å². The maximum atomic E-state index is 15.8. The predicted octanol–water partition coefficient (Wildman–Crippen LogP) is 5.91. The highest BCUT2D eigenvalue weighted by molar-refractivity contribution is 6.01. The number of fused-ring (bicyclic) bond motifs is 2. The molecule has 32 heavy (non-hydrogen) atoms. The molecular formula is C24H38F4N4. The first-order valence-corrected chi connectivity index (χ1v) is 12.8. The summed E-state index contributed by atoms with van der Waals surface area (Å²) >= 11 is 0. The van der Waals surface area contributed by atoms with Gasteiger partial charge in [-0.1, -0.05) is 52.4 Å². The summed E-state index contributed by atoms with van der Waals surface area (Å²) in [5, 5.41) is 0. The van der Waals surface area contributed by atoms with Crippen molar-refractivity contribution in [3.8, 4) is 0 Å². The Kier molecular flexibility index (Phi) is 7.06. The number of nitrogens with zero attached hydrogens (tertiary/aromatic N) is 4. The first-order chi connectivity index (χ1) is 15.3. The van der Waals surface area contributed by atoms with E-state index in [0.29, 0.717) is 38.8 Å². The van der Waals surface area contributed by atoms with Gasteiger partial charge in [0.05, 0.1) is 24.2 Å². The summed E-state index contributed by atoms with van der Waals surface area (Å²) in [7, 11) is 0. The monoisotopic (exact) mass is 458 g/mol. The van der Waals surface area contributed by atoms with E-state index in [0.717, 1.165) is 51.4 Å². The first kappa shape index (κ1) is 23.8. The molecule has 0 amide bonds. The third kappa shape index (κ3) is 4.04. The summed E-state index contributed by atoms with van der Waals surface area (Å²) in [5.41, 5.74) is 0. The zero-order valence-electron chi connectivity index (χ0n) is 19.5. The molecule has 182 valence electrons. The molecule has 0 saturated heterocycles. The Morgan fingerprint density at radius 3 is 1.44 bits per heavy atom. The fourth-order valence-electron chi connectivity index (χ4n) is 5.99. The van der Waals surface area contributed by atoms with E-state index in [1.165, 1.54) is 9.80 Å². The number of unbranched alkanes of at least 4 members (excludes halogenated alkanes) is 2. The molecule has 0 aromatic carbocycles. The lowest BCUT2D eigenvalue weighted by molar-refractivity contribution is -0.129. The number of hydrogen-bond acceptors (Lipinski definition) is 4. The first-order valence-electron chi connectivity index (χ1n) is 12.8. The lowest BCUT2D eigenvalue weighted by Gasteiger charge is -2.39. The van der Waals surface area contributed by atoms with Crippen molar-refractivity contribution in [3.63, 3.8) is 0 Å². The Bertz CT molecular complexity index is 663. The SMILES string of the molecule is CCCCN1C(C(F)(F)C(F)(F)C2=NC3CCCCC3N2CCCC)=NC2CCCCC21. The van der Waals surface area contributed by atoms with Crippen LogP contribution >= 0.6 is 0 Å². The van der Waals surface area contributed by atoms with Crippen molar-refractivity contribution in [2.45, 2.75) is 127 Å². The van der Waals surface area contributed by atoms with E-state index in [1.54, 1.807) is 0 Å². The Morgan fingerprint density at radius 2 is 1.06 bits per heavy atom. The topological polar surface area (TPSA) is 31.2 Å². The van der Waals surface area contributed by atoms with Crippen LogP contribution in [0.4, 0.5) is 17.6 Å². The summed E-state index contributed by atoms with van der Waals surface area (Å²) in [6, 6.07) is -0.921. The number of halogens is 4. The molecule has 4 nitrogen and oxygen atoms in total. The van der Waals surface area contributed by atoms with Crippen molar-refractivity contribution >= 4 is 11.7 Å². The quantitative estimate of drug-likeness (QED) is 0.402. The second-order valence-electron chi connectivity index (χ2n) is 9.99. The summed E-state index contributed by atoms with van der Waals surface area (Å²) in [6.07, 6.45) is 9.64. The molecule has 0 spiro atoms. The number of aliphatic imine (C=N–C) groups is 2. The lowest BCUT2D eigenvalue weighted by Crippen LogP contribution is -2.61. The van der Waals surface area contributed by atoms with Crippen LogP contribution in [0, 0.1) is 0 Å². The molecule has 8 heteroatoms. The molecule has 0 N–H and O–H groups in total. The van der Waals surface area contributed by atoms with E-state index in [-0.39, 0.29) is 24.2 Å². The van der Waals surface area contributed by atoms with E-state index >= 15 is 17.6 Å². The van der Waals surface area contributed by atoms with Crippen molar-refractivity contribution in [2.75, 3.05) is 13.1 Å². The third-order valence-corrected chi connectivity index (χ3v) is 7.77. The highest BCUT2D eigenvalue weighted by Gasteiger charge is 2.68. The molecule has 2 heterocycles. The van der Waals surface area contributed by atoms with Crippen molar-refractivity contribution in [3.05, 3.63) is 0 Å². The fourth-order valence-corrected chi connectivity index (χ4v) is 5.99. The number of alkyl halides is 4. The second kappa shape index (κ2) is 9.49. The largest absolute Gasteiger partial charge is 0.373 e. The average Bonchev–Trinajstić information content (AvgIpc) is 3.35. The minimum absolute atomic E-state index is 0.170. The standard InChI is InChI=1S/C24H38F4N4/c1-3-5-15-31-19-13-9-7-11-17(19)29-21(31)23(25,26)24(27,28)22-30-18-12-8-10-14-20(18)32(22)16-6-4-2/h17-20H,3-16H2,1-2H3. The molecule has 4 atom stereocenters. The van der Waals surface area contributed by atoms with Gasteiger partial charge in [0.2, 0.25) is 0 Å². The van der Waals surface area contributed by atoms with Gasteiger partial charge in [-0.05, 0) is 38.5 Å². The van der Waals surface area contributed by atoms with Crippen molar-refractivity contribution in [2.24, 2.45) is 9.98 Å². The second-order valence-corrected chi connectivity index (χ2v) is 9.99. The molecule has 2 saturated carbocycles. The van der Waals surface area contributed by atoms with Crippen LogP contribution in [-0.2, 0) is 0 Å². The van der Waals surface area contributed by atoms with Crippen molar-refractivity contribution in [1.82, 2.24) is 9.80 Å². The van der Waals surface area contributed by atoms with Crippen LogP contribution in [0.5, 0.6) is 0 Å². The van der Waals surface area contributed by atoms with Crippen LogP contribution < -0.4 is 0 Å². The van der Waals surface area contributed by atoms with Crippen molar-refractivity contribution < 1.29 is 17.6 Å². The Balaban J connectivity index is 1.66. The van der Waals surface area contributed by atoms with E-state index in [2.05, 4.69) is 9.98 Å². The molecule has 2 aliphatic heterocycles. The summed E-state index contributed by atoms with van der Waals surface area (Å²) in [4.78, 5) is 11.6. The van der Waals surface area contributed by atoms with Crippen LogP contribution in [-0.4, -0.2) is 70.6 Å². The van der Waals surface area contributed by atoms with Gasteiger partial charge in [0.25, 0.3) is 0 Å². The Labute approximate surface area is 189 Å². The van der Waals surface area contributed by atoms with Gasteiger partial charge in [-0.3, -0.25) is 9.98 Å². The van der Waals surface area contributed by atoms with Gasteiger partial charge in [0.15, 0.2) is 11.7 Å². The Morgan fingerprint density at radius 1 is 0.688 bits per heavy atom. The molecule has 0 aromatic heterocycles. The Hall–Kier alpha value is -1.34. The van der Waals surface area contributed by atoms with Crippen LogP contribution in [0.25, 0.3) is 0 Å². The molecule has 4 unspecified atom stereocenters. The normalized spacial score (nSPS) is 30.8. The minimum Gasteiger partial charge on any atom is -0.350 e. The van der Waals surface area contributed by atoms with Gasteiger partial charge in [0.1, 0.15) is 0 Å². The van der Waals surface area contributed by atoms with Gasteiger partial charge in [-0.25, -0.2) is 0 Å². The smallest absolute Gasteiger partial charge is 0.350 e. The summed E-state index contributed by atoms with van der Waals surface area (Å²) < 4.78 is 63.3. The van der Waals surface area contributed by atoms with Crippen LogP contribution in [0.15, 0.2) is 9.98 Å². The van der Waals surface area contributed by atoms with Gasteiger partial charge in [-0.15, -0.1) is 0 Å². The van der Waals surface area contributed by atoms with Crippen LogP contribution in [0.2, 0.25) is 0 Å². The van der Waals surface area contributed by atoms with Crippen molar-refractivity contribution in [1.29, 1.82) is 0 Å². The van der Waals surface area contributed by atoms with E-state index in [1.807, 2.05) is 13.8 Å². The number of rotatable bonds is 9. The fraction of sp³-hybridized carbons (Fsp3) is 0.917. The molecule has 0 radical (unpaired) electrons. The van der Waals surface area contributed by atoms with Gasteiger partial charge < -0.3 is 9.80 Å². The van der Waals surface area contributed by atoms with Crippen LogP contribution in [0.3, 0.4) is 0 Å². The number of amidine groups is 2. The van der Waals surface area contributed by atoms with Gasteiger partial charge >= 0.3 is 11.8 Å². The van der Waals surface area contributed by atoms with Crippen LogP contribution in [0.1, 0.15) is 90.9 Å². The maximum Gasteiger partial charge on any atom is 0.373 e. The molecule has 0 aromatic rings. The molecule has 2 aliphatic carbocycles. The highest BCUT2D eigenvalue weighted by Crippen LogP contribution is 2.46. The zero-order valence-corrected chi connectivity index (χ0v) is 19.5. The van der Waals surface area contributed by atoms with E-state index < -0.39 is 23.5 Å². The molecule has 4 aliphatic rings. The third-order valence-electron chi connectivity index (χ3n) is 7.77. The summed E-state index contributed by atoms with van der Waals surface area (Å²) in [5.74, 6) is -10.1.